The Bertz CT molecular complexity index is 459. The molecule has 1 heterocycles. The summed E-state index contributed by atoms with van der Waals surface area (Å²) in [6.45, 7) is 12.0. The fourth-order valence-electron chi connectivity index (χ4n) is 2.64. The van der Waals surface area contributed by atoms with Crippen LogP contribution in [0.3, 0.4) is 0 Å². The van der Waals surface area contributed by atoms with Crippen LogP contribution in [0.15, 0.2) is 30.3 Å². The van der Waals surface area contributed by atoms with Crippen LogP contribution in [0.5, 0.6) is 0 Å². The van der Waals surface area contributed by atoms with Crippen molar-refractivity contribution in [3.63, 3.8) is 0 Å². The molecule has 1 saturated heterocycles. The van der Waals surface area contributed by atoms with Gasteiger partial charge < -0.3 is 10.2 Å². The molecule has 1 aliphatic heterocycles. The Kier molecular flexibility index (Phi) is 5.83. The largest absolute Gasteiger partial charge is 0.369 e. The van der Waals surface area contributed by atoms with E-state index in [4.69, 9.17) is 0 Å². The van der Waals surface area contributed by atoms with Gasteiger partial charge in [0.1, 0.15) is 0 Å². The molecule has 0 bridgehead atoms. The van der Waals surface area contributed by atoms with Crippen molar-refractivity contribution in [2.24, 2.45) is 5.41 Å². The van der Waals surface area contributed by atoms with E-state index in [0.29, 0.717) is 0 Å². The molecule has 1 aromatic carbocycles. The van der Waals surface area contributed by atoms with E-state index in [-0.39, 0.29) is 11.3 Å². The molecule has 1 fully saturated rings. The number of nitrogens with one attached hydrogen (secondary N) is 1. The fraction of sp³-hybridized carbons (Fsp3) is 0.611. The molecule has 0 atom stereocenters. The number of hydrogen-bond donors (Lipinski definition) is 1. The van der Waals surface area contributed by atoms with E-state index in [0.717, 1.165) is 45.7 Å². The van der Waals surface area contributed by atoms with Crippen LogP contribution in [0, 0.1) is 5.41 Å². The smallest absolute Gasteiger partial charge is 0.225 e. The Labute approximate surface area is 134 Å². The minimum atomic E-state index is -0.290. The fourth-order valence-corrected chi connectivity index (χ4v) is 2.64. The first-order valence-corrected chi connectivity index (χ1v) is 8.27. The van der Waals surface area contributed by atoms with Gasteiger partial charge in [-0.25, -0.2) is 0 Å². The highest BCUT2D eigenvalue weighted by atomic mass is 16.2. The van der Waals surface area contributed by atoms with E-state index in [1.807, 2.05) is 20.8 Å². The van der Waals surface area contributed by atoms with Gasteiger partial charge in [0, 0.05) is 43.8 Å². The SMILES string of the molecule is CC(C)(C)C(=O)NCCCN1CCN(c2ccccc2)CC1. The summed E-state index contributed by atoms with van der Waals surface area (Å²) >= 11 is 0. The van der Waals surface area contributed by atoms with Crippen molar-refractivity contribution in [1.29, 1.82) is 0 Å². The summed E-state index contributed by atoms with van der Waals surface area (Å²) in [5, 5.41) is 3.02. The van der Waals surface area contributed by atoms with Crippen LogP contribution in [0.4, 0.5) is 5.69 Å². The molecular weight excluding hydrogens is 274 g/mol. The Morgan fingerprint density at radius 3 is 2.32 bits per heavy atom. The summed E-state index contributed by atoms with van der Waals surface area (Å²) in [5.41, 5.74) is 1.03. The topological polar surface area (TPSA) is 35.6 Å². The zero-order valence-electron chi connectivity index (χ0n) is 14.1. The molecule has 0 spiro atoms. The van der Waals surface area contributed by atoms with Crippen LogP contribution in [-0.4, -0.2) is 50.1 Å². The third-order valence-electron chi connectivity index (χ3n) is 4.11. The number of anilines is 1. The van der Waals surface area contributed by atoms with Crippen LogP contribution < -0.4 is 10.2 Å². The third-order valence-corrected chi connectivity index (χ3v) is 4.11. The highest BCUT2D eigenvalue weighted by Gasteiger charge is 2.20. The van der Waals surface area contributed by atoms with E-state index in [1.165, 1.54) is 5.69 Å². The third kappa shape index (κ3) is 5.02. The summed E-state index contributed by atoms with van der Waals surface area (Å²) in [5.74, 6) is 0.140. The van der Waals surface area contributed by atoms with Crippen LogP contribution >= 0.6 is 0 Å². The maximum Gasteiger partial charge on any atom is 0.225 e. The number of rotatable bonds is 5. The van der Waals surface area contributed by atoms with Crippen molar-refractivity contribution >= 4 is 11.6 Å². The van der Waals surface area contributed by atoms with E-state index in [9.17, 15) is 4.79 Å². The summed E-state index contributed by atoms with van der Waals surface area (Å²) in [6.07, 6.45) is 1.02. The predicted molar refractivity (Wildman–Crippen MR) is 92.2 cm³/mol. The molecule has 0 unspecified atom stereocenters. The maximum absolute atomic E-state index is 11.8. The van der Waals surface area contributed by atoms with Gasteiger partial charge in [0.15, 0.2) is 0 Å². The second-order valence-corrected chi connectivity index (χ2v) is 7.02. The first-order chi connectivity index (χ1) is 10.5. The number of nitrogens with zero attached hydrogens (tertiary/aromatic N) is 2. The number of piperazine rings is 1. The van der Waals surface area contributed by atoms with Crippen molar-refractivity contribution in [3.05, 3.63) is 30.3 Å². The van der Waals surface area contributed by atoms with E-state index in [2.05, 4.69) is 45.4 Å². The lowest BCUT2D eigenvalue weighted by Crippen LogP contribution is -2.47. The Hall–Kier alpha value is -1.55. The number of benzene rings is 1. The molecule has 2 rings (SSSR count). The standard InChI is InChI=1S/C18H29N3O/c1-18(2,3)17(22)19-10-7-11-20-12-14-21(15-13-20)16-8-5-4-6-9-16/h4-6,8-9H,7,10-15H2,1-3H3,(H,19,22). The number of hydrogen-bond acceptors (Lipinski definition) is 3. The van der Waals surface area contributed by atoms with Gasteiger partial charge in [-0.15, -0.1) is 0 Å². The minimum Gasteiger partial charge on any atom is -0.369 e. The normalized spacial score (nSPS) is 16.6. The highest BCUT2D eigenvalue weighted by molar-refractivity contribution is 5.81. The van der Waals surface area contributed by atoms with Crippen molar-refractivity contribution in [3.8, 4) is 0 Å². The van der Waals surface area contributed by atoms with Crippen LogP contribution in [0.1, 0.15) is 27.2 Å². The summed E-state index contributed by atoms with van der Waals surface area (Å²) < 4.78 is 0. The van der Waals surface area contributed by atoms with E-state index < -0.39 is 0 Å². The monoisotopic (exact) mass is 303 g/mol. The quantitative estimate of drug-likeness (QED) is 0.848. The first-order valence-electron chi connectivity index (χ1n) is 8.27. The maximum atomic E-state index is 11.8. The second kappa shape index (κ2) is 7.63. The van der Waals surface area contributed by atoms with Gasteiger partial charge in [-0.1, -0.05) is 39.0 Å². The molecule has 4 heteroatoms. The molecule has 0 saturated carbocycles. The number of para-hydroxylation sites is 1. The molecule has 1 aromatic rings. The molecule has 4 nitrogen and oxygen atoms in total. The Balaban J connectivity index is 1.63. The second-order valence-electron chi connectivity index (χ2n) is 7.02. The lowest BCUT2D eigenvalue weighted by molar-refractivity contribution is -0.128. The number of amides is 1. The average molecular weight is 303 g/mol. The molecule has 1 aliphatic rings. The summed E-state index contributed by atoms with van der Waals surface area (Å²) in [4.78, 5) is 16.7. The molecule has 22 heavy (non-hydrogen) atoms. The van der Waals surface area contributed by atoms with Crippen molar-refractivity contribution in [1.82, 2.24) is 10.2 Å². The number of carbonyl (C=O) groups is 1. The summed E-state index contributed by atoms with van der Waals surface area (Å²) in [6, 6.07) is 10.6. The van der Waals surface area contributed by atoms with Crippen LogP contribution in [0.2, 0.25) is 0 Å². The predicted octanol–water partition coefficient (Wildman–Crippen LogP) is 2.36. The van der Waals surface area contributed by atoms with E-state index >= 15 is 0 Å². The minimum absolute atomic E-state index is 0.140. The molecule has 1 amide bonds. The Morgan fingerprint density at radius 1 is 1.09 bits per heavy atom. The zero-order valence-corrected chi connectivity index (χ0v) is 14.1. The highest BCUT2D eigenvalue weighted by Crippen LogP contribution is 2.15. The van der Waals surface area contributed by atoms with Gasteiger partial charge in [0.05, 0.1) is 0 Å². The first kappa shape index (κ1) is 16.8. The Morgan fingerprint density at radius 2 is 1.73 bits per heavy atom. The van der Waals surface area contributed by atoms with Gasteiger partial charge in [0.25, 0.3) is 0 Å². The van der Waals surface area contributed by atoms with Gasteiger partial charge in [-0.3, -0.25) is 9.69 Å². The van der Waals surface area contributed by atoms with Gasteiger partial charge in [0.2, 0.25) is 5.91 Å². The van der Waals surface area contributed by atoms with Crippen molar-refractivity contribution in [2.75, 3.05) is 44.2 Å². The lowest BCUT2D eigenvalue weighted by Gasteiger charge is -2.36. The summed E-state index contributed by atoms with van der Waals surface area (Å²) in [7, 11) is 0. The molecular formula is C18H29N3O. The molecule has 1 N–H and O–H groups in total. The number of carbonyl (C=O) groups excluding carboxylic acids is 1. The lowest BCUT2D eigenvalue weighted by atomic mass is 9.96. The van der Waals surface area contributed by atoms with E-state index in [1.54, 1.807) is 0 Å². The molecule has 0 aliphatic carbocycles. The molecule has 0 aromatic heterocycles. The molecule has 122 valence electrons. The van der Waals surface area contributed by atoms with Crippen LogP contribution in [-0.2, 0) is 4.79 Å². The van der Waals surface area contributed by atoms with Crippen molar-refractivity contribution in [2.45, 2.75) is 27.2 Å². The van der Waals surface area contributed by atoms with Gasteiger partial charge in [-0.05, 0) is 25.1 Å². The average Bonchev–Trinajstić information content (AvgIpc) is 2.52. The zero-order chi connectivity index (χ0) is 16.0. The van der Waals surface area contributed by atoms with Crippen LogP contribution in [0.25, 0.3) is 0 Å². The molecule has 0 radical (unpaired) electrons. The van der Waals surface area contributed by atoms with Gasteiger partial charge >= 0.3 is 0 Å². The van der Waals surface area contributed by atoms with Gasteiger partial charge in [-0.2, -0.15) is 0 Å². The van der Waals surface area contributed by atoms with Crippen molar-refractivity contribution < 1.29 is 4.79 Å².